The van der Waals surface area contributed by atoms with Crippen molar-refractivity contribution in [3.63, 3.8) is 0 Å². The molecule has 7 heteroatoms. The Labute approximate surface area is 157 Å². The van der Waals surface area contributed by atoms with Crippen molar-refractivity contribution in [3.05, 3.63) is 59.4 Å². The van der Waals surface area contributed by atoms with Crippen LogP contribution in [0.15, 0.2) is 47.5 Å². The molecule has 3 rings (SSSR count). The second-order valence-electron chi connectivity index (χ2n) is 6.20. The van der Waals surface area contributed by atoms with Gasteiger partial charge in [0.05, 0.1) is 28.3 Å². The fourth-order valence-electron chi connectivity index (χ4n) is 3.19. The minimum absolute atomic E-state index is 0.0534. The molecule has 0 unspecified atom stereocenters. The number of benzene rings is 1. The molecule has 0 spiro atoms. The predicted octanol–water partition coefficient (Wildman–Crippen LogP) is 3.31. The molecule has 3 aromatic rings. The molecule has 0 amide bonds. The number of rotatable bonds is 5. The van der Waals surface area contributed by atoms with Gasteiger partial charge in [0.2, 0.25) is 0 Å². The number of aromatic nitrogens is 1. The summed E-state index contributed by atoms with van der Waals surface area (Å²) in [6.07, 6.45) is 3.38. The van der Waals surface area contributed by atoms with E-state index in [1.807, 2.05) is 6.92 Å². The molecule has 0 aliphatic heterocycles. The summed E-state index contributed by atoms with van der Waals surface area (Å²) in [7, 11) is -3.59. The molecule has 0 atom stereocenters. The van der Waals surface area contributed by atoms with Crippen LogP contribution >= 0.6 is 0 Å². The first-order valence-corrected chi connectivity index (χ1v) is 10.2. The van der Waals surface area contributed by atoms with Gasteiger partial charge < -0.3 is 9.14 Å². The Kier molecular flexibility index (Phi) is 4.89. The van der Waals surface area contributed by atoms with Crippen LogP contribution in [0.3, 0.4) is 0 Å². The third-order valence-corrected chi connectivity index (χ3v) is 5.43. The molecule has 0 saturated carbocycles. The zero-order chi connectivity index (χ0) is 19.8. The highest BCUT2D eigenvalue weighted by Crippen LogP contribution is 2.37. The first kappa shape index (κ1) is 18.8. The number of hydrogen-bond acceptors (Lipinski definition) is 5. The number of carbonyl (C=O) groups is 2. The highest BCUT2D eigenvalue weighted by atomic mass is 32.2. The number of aryl methyl sites for hydroxylation is 1. The van der Waals surface area contributed by atoms with Crippen LogP contribution in [0, 0.1) is 6.92 Å². The number of esters is 1. The highest BCUT2D eigenvalue weighted by molar-refractivity contribution is 7.90. The number of pyridine rings is 1. The molecule has 0 aliphatic rings. The van der Waals surface area contributed by atoms with E-state index < -0.39 is 15.8 Å². The van der Waals surface area contributed by atoms with Crippen molar-refractivity contribution in [2.75, 3.05) is 12.9 Å². The average molecular weight is 385 g/mol. The summed E-state index contributed by atoms with van der Waals surface area (Å²) in [6, 6.07) is 10.0. The van der Waals surface area contributed by atoms with Gasteiger partial charge in [-0.05, 0) is 32.0 Å². The smallest absolute Gasteiger partial charge is 0.340 e. The van der Waals surface area contributed by atoms with Crippen molar-refractivity contribution < 1.29 is 22.7 Å². The van der Waals surface area contributed by atoms with Crippen LogP contribution in [-0.4, -0.2) is 37.9 Å². The maximum Gasteiger partial charge on any atom is 0.340 e. The van der Waals surface area contributed by atoms with Gasteiger partial charge in [-0.1, -0.05) is 23.8 Å². The van der Waals surface area contributed by atoms with Crippen molar-refractivity contribution in [2.45, 2.75) is 18.7 Å². The van der Waals surface area contributed by atoms with Crippen LogP contribution < -0.4 is 0 Å². The number of ether oxygens (including phenoxy) is 1. The third kappa shape index (κ3) is 3.26. The van der Waals surface area contributed by atoms with E-state index in [2.05, 4.69) is 0 Å². The summed E-state index contributed by atoms with van der Waals surface area (Å²) < 4.78 is 31.5. The molecule has 27 heavy (non-hydrogen) atoms. The lowest BCUT2D eigenvalue weighted by Crippen LogP contribution is -2.08. The Morgan fingerprint density at radius 1 is 1.22 bits per heavy atom. The Bertz CT molecular complexity index is 1160. The van der Waals surface area contributed by atoms with E-state index in [9.17, 15) is 18.0 Å². The second kappa shape index (κ2) is 7.00. The number of carbonyl (C=O) groups excluding carboxylic acids is 2. The molecule has 0 radical (unpaired) electrons. The molecular formula is C20H19NO5S. The molecule has 2 heterocycles. The molecule has 0 aliphatic carbocycles. The molecule has 2 aromatic heterocycles. The lowest BCUT2D eigenvalue weighted by atomic mass is 9.99. The van der Waals surface area contributed by atoms with Gasteiger partial charge >= 0.3 is 5.97 Å². The summed E-state index contributed by atoms with van der Waals surface area (Å²) in [5.74, 6) is -0.606. The molecule has 0 fully saturated rings. The Balaban J connectivity index is 2.53. The van der Waals surface area contributed by atoms with E-state index in [1.54, 1.807) is 47.9 Å². The zero-order valence-corrected chi connectivity index (χ0v) is 16.0. The van der Waals surface area contributed by atoms with Gasteiger partial charge in [-0.2, -0.15) is 0 Å². The summed E-state index contributed by atoms with van der Waals surface area (Å²) in [4.78, 5) is 24.7. The number of sulfone groups is 1. The lowest BCUT2D eigenvalue weighted by Gasteiger charge is -2.11. The normalized spacial score (nSPS) is 11.5. The van der Waals surface area contributed by atoms with Crippen LogP contribution in [0.5, 0.6) is 0 Å². The fraction of sp³-hybridized carbons (Fsp3) is 0.200. The molecule has 140 valence electrons. The maximum atomic E-state index is 12.7. The van der Waals surface area contributed by atoms with E-state index in [4.69, 9.17) is 4.74 Å². The quantitative estimate of drug-likeness (QED) is 0.497. The van der Waals surface area contributed by atoms with Gasteiger partial charge in [-0.25, -0.2) is 13.2 Å². The molecule has 0 bridgehead atoms. The second-order valence-corrected chi connectivity index (χ2v) is 8.19. The van der Waals surface area contributed by atoms with E-state index >= 15 is 0 Å². The molecule has 1 aromatic carbocycles. The van der Waals surface area contributed by atoms with Gasteiger partial charge in [-0.15, -0.1) is 0 Å². The van der Waals surface area contributed by atoms with Crippen LogP contribution in [0.2, 0.25) is 0 Å². The van der Waals surface area contributed by atoms with E-state index in [1.165, 1.54) is 6.07 Å². The third-order valence-electron chi connectivity index (χ3n) is 4.28. The highest BCUT2D eigenvalue weighted by Gasteiger charge is 2.28. The first-order chi connectivity index (χ1) is 12.8. The van der Waals surface area contributed by atoms with Crippen molar-refractivity contribution in [1.29, 1.82) is 0 Å². The van der Waals surface area contributed by atoms with Gasteiger partial charge in [0, 0.05) is 23.6 Å². The Morgan fingerprint density at radius 3 is 2.59 bits per heavy atom. The SMILES string of the molecule is CCOC(=O)c1c(-c2cc(C)ccc2S(C)(=O)=O)c(C=O)n2ccccc12. The minimum atomic E-state index is -3.59. The van der Waals surface area contributed by atoms with Crippen molar-refractivity contribution in [2.24, 2.45) is 0 Å². The van der Waals surface area contributed by atoms with Crippen molar-refractivity contribution in [3.8, 4) is 11.1 Å². The first-order valence-electron chi connectivity index (χ1n) is 8.36. The van der Waals surface area contributed by atoms with Crippen LogP contribution in [-0.2, 0) is 14.6 Å². The summed E-state index contributed by atoms with van der Waals surface area (Å²) in [5.41, 5.74) is 2.23. The largest absolute Gasteiger partial charge is 0.462 e. The molecule has 0 saturated heterocycles. The summed E-state index contributed by atoms with van der Waals surface area (Å²) in [5, 5.41) is 0. The molecule has 6 nitrogen and oxygen atoms in total. The van der Waals surface area contributed by atoms with Crippen LogP contribution in [0.4, 0.5) is 0 Å². The van der Waals surface area contributed by atoms with E-state index in [0.717, 1.165) is 11.8 Å². The topological polar surface area (TPSA) is 81.9 Å². The Hall–Kier alpha value is -2.93. The predicted molar refractivity (Wildman–Crippen MR) is 102 cm³/mol. The van der Waals surface area contributed by atoms with Gasteiger partial charge in [0.25, 0.3) is 0 Å². The maximum absolute atomic E-state index is 12.7. The monoisotopic (exact) mass is 385 g/mol. The summed E-state index contributed by atoms with van der Waals surface area (Å²) >= 11 is 0. The minimum Gasteiger partial charge on any atom is -0.462 e. The van der Waals surface area contributed by atoms with E-state index in [-0.39, 0.29) is 28.3 Å². The van der Waals surface area contributed by atoms with Gasteiger partial charge in [0.15, 0.2) is 16.1 Å². The summed E-state index contributed by atoms with van der Waals surface area (Å²) in [6.45, 7) is 3.66. The van der Waals surface area contributed by atoms with Crippen LogP contribution in [0.1, 0.15) is 33.3 Å². The lowest BCUT2D eigenvalue weighted by molar-refractivity contribution is 0.0529. The Morgan fingerprint density at radius 2 is 1.96 bits per heavy atom. The number of fused-ring (bicyclic) bond motifs is 1. The average Bonchev–Trinajstić information content (AvgIpc) is 2.95. The molecule has 0 N–H and O–H groups in total. The van der Waals surface area contributed by atoms with Gasteiger partial charge in [-0.3, -0.25) is 4.79 Å². The van der Waals surface area contributed by atoms with Crippen molar-refractivity contribution in [1.82, 2.24) is 4.40 Å². The molecular weight excluding hydrogens is 366 g/mol. The number of nitrogens with zero attached hydrogens (tertiary/aromatic N) is 1. The van der Waals surface area contributed by atoms with Gasteiger partial charge in [0.1, 0.15) is 0 Å². The van der Waals surface area contributed by atoms with Crippen molar-refractivity contribution >= 4 is 27.6 Å². The fourth-order valence-corrected chi connectivity index (χ4v) is 4.07. The number of aldehydes is 1. The zero-order valence-electron chi connectivity index (χ0n) is 15.2. The standard InChI is InChI=1S/C20H19NO5S/c1-4-26-20(23)19-15-7-5-6-10-21(15)16(12-22)18(19)14-11-13(2)8-9-17(14)27(3,24)25/h5-12H,4H2,1-3H3. The van der Waals surface area contributed by atoms with Crippen LogP contribution in [0.25, 0.3) is 16.6 Å². The number of hydrogen-bond donors (Lipinski definition) is 0. The van der Waals surface area contributed by atoms with E-state index in [0.29, 0.717) is 17.4 Å².